The van der Waals surface area contributed by atoms with E-state index in [9.17, 15) is 13.6 Å². The molecule has 0 unspecified atom stereocenters. The van der Waals surface area contributed by atoms with Gasteiger partial charge in [0.25, 0.3) is 0 Å². The highest BCUT2D eigenvalue weighted by atomic mass is 32.1. The van der Waals surface area contributed by atoms with E-state index < -0.39 is 17.6 Å². The number of rotatable bonds is 3. The zero-order valence-corrected chi connectivity index (χ0v) is 10.8. The number of carboxylic acid groups (broad SMARTS) is 1. The van der Waals surface area contributed by atoms with Crippen LogP contribution in [-0.4, -0.2) is 20.5 Å². The fourth-order valence-electron chi connectivity index (χ4n) is 1.94. The minimum absolute atomic E-state index is 0.0576. The zero-order valence-electron chi connectivity index (χ0n) is 10.0. The number of benzene rings is 1. The molecule has 0 aliphatic carbocycles. The van der Waals surface area contributed by atoms with Crippen molar-refractivity contribution in [3.63, 3.8) is 0 Å². The number of hydrogen-bond acceptors (Lipinski definition) is 3. The number of carbonyl (C=O) groups is 1. The van der Waals surface area contributed by atoms with E-state index >= 15 is 0 Å². The van der Waals surface area contributed by atoms with Crippen molar-refractivity contribution in [2.45, 2.75) is 6.42 Å². The maximum atomic E-state index is 13.7. The van der Waals surface area contributed by atoms with Crippen LogP contribution in [0.5, 0.6) is 0 Å². The Labute approximate surface area is 115 Å². The summed E-state index contributed by atoms with van der Waals surface area (Å²) in [5.41, 5.74) is 0.885. The molecule has 2 heterocycles. The van der Waals surface area contributed by atoms with E-state index in [0.29, 0.717) is 10.7 Å². The highest BCUT2D eigenvalue weighted by molar-refractivity contribution is 7.15. The molecular formula is C13H8F2N2O2S. The molecule has 0 radical (unpaired) electrons. The van der Waals surface area contributed by atoms with Crippen LogP contribution in [0.2, 0.25) is 0 Å². The van der Waals surface area contributed by atoms with Crippen molar-refractivity contribution in [2.75, 3.05) is 0 Å². The van der Waals surface area contributed by atoms with Crippen molar-refractivity contribution in [3.05, 3.63) is 47.1 Å². The number of carboxylic acids is 1. The number of nitrogens with zero attached hydrogens (tertiary/aromatic N) is 2. The second-order valence-corrected chi connectivity index (χ2v) is 5.04. The molecule has 0 aliphatic heterocycles. The highest BCUT2D eigenvalue weighted by Crippen LogP contribution is 2.26. The third-order valence-electron chi connectivity index (χ3n) is 2.82. The first-order valence-electron chi connectivity index (χ1n) is 5.67. The number of aromatic nitrogens is 2. The number of hydrogen-bond donors (Lipinski definition) is 1. The van der Waals surface area contributed by atoms with Gasteiger partial charge in [0.2, 0.25) is 0 Å². The molecule has 20 heavy (non-hydrogen) atoms. The summed E-state index contributed by atoms with van der Waals surface area (Å²) in [5, 5.41) is 10.5. The molecule has 0 aliphatic rings. The normalized spacial score (nSPS) is 11.1. The zero-order chi connectivity index (χ0) is 14.3. The van der Waals surface area contributed by atoms with Crippen molar-refractivity contribution in [3.8, 4) is 11.3 Å². The van der Waals surface area contributed by atoms with Crippen molar-refractivity contribution in [2.24, 2.45) is 0 Å². The number of halogens is 2. The number of aliphatic carboxylic acids is 1. The second kappa shape index (κ2) is 4.68. The van der Waals surface area contributed by atoms with Gasteiger partial charge in [-0.3, -0.25) is 9.20 Å². The topological polar surface area (TPSA) is 54.6 Å². The van der Waals surface area contributed by atoms with Crippen LogP contribution >= 0.6 is 11.3 Å². The Bertz CT molecular complexity index is 810. The number of fused-ring (bicyclic) bond motifs is 1. The van der Waals surface area contributed by atoms with Crippen LogP contribution in [0.3, 0.4) is 0 Å². The van der Waals surface area contributed by atoms with Crippen LogP contribution in [0, 0.1) is 11.6 Å². The minimum Gasteiger partial charge on any atom is -0.481 e. The van der Waals surface area contributed by atoms with Crippen molar-refractivity contribution in [1.82, 2.24) is 9.38 Å². The smallest absolute Gasteiger partial charge is 0.309 e. The van der Waals surface area contributed by atoms with Gasteiger partial charge in [0.15, 0.2) is 4.96 Å². The third kappa shape index (κ3) is 2.16. The summed E-state index contributed by atoms with van der Waals surface area (Å²) in [6.07, 6.45) is 1.36. The van der Waals surface area contributed by atoms with Crippen LogP contribution < -0.4 is 0 Å². The van der Waals surface area contributed by atoms with Crippen molar-refractivity contribution < 1.29 is 18.7 Å². The van der Waals surface area contributed by atoms with E-state index in [-0.39, 0.29) is 17.7 Å². The monoisotopic (exact) mass is 294 g/mol. The second-order valence-electron chi connectivity index (χ2n) is 4.20. The lowest BCUT2D eigenvalue weighted by molar-refractivity contribution is -0.136. The number of imidazole rings is 1. The van der Waals surface area contributed by atoms with Crippen LogP contribution in [0.1, 0.15) is 5.69 Å². The first kappa shape index (κ1) is 12.7. The summed E-state index contributed by atoms with van der Waals surface area (Å²) >= 11 is 1.25. The molecule has 4 nitrogen and oxygen atoms in total. The fraction of sp³-hybridized carbons (Fsp3) is 0.0769. The Morgan fingerprint density at radius 2 is 2.20 bits per heavy atom. The molecule has 3 rings (SSSR count). The van der Waals surface area contributed by atoms with Gasteiger partial charge in [-0.25, -0.2) is 13.8 Å². The molecule has 0 spiro atoms. The van der Waals surface area contributed by atoms with Crippen molar-refractivity contribution in [1.29, 1.82) is 0 Å². The molecule has 2 aromatic heterocycles. The van der Waals surface area contributed by atoms with Gasteiger partial charge in [-0.2, -0.15) is 0 Å². The molecule has 0 saturated heterocycles. The lowest BCUT2D eigenvalue weighted by atomic mass is 10.1. The maximum absolute atomic E-state index is 13.7. The van der Waals surface area contributed by atoms with E-state index in [4.69, 9.17) is 5.11 Å². The molecule has 0 atom stereocenters. The molecule has 3 aromatic rings. The maximum Gasteiger partial charge on any atom is 0.309 e. The summed E-state index contributed by atoms with van der Waals surface area (Å²) in [4.78, 5) is 15.5. The highest BCUT2D eigenvalue weighted by Gasteiger charge is 2.14. The van der Waals surface area contributed by atoms with Crippen molar-refractivity contribution >= 4 is 22.3 Å². The van der Waals surface area contributed by atoms with Gasteiger partial charge in [0, 0.05) is 22.8 Å². The molecule has 1 N–H and O–H groups in total. The summed E-state index contributed by atoms with van der Waals surface area (Å²) < 4.78 is 28.5. The predicted molar refractivity (Wildman–Crippen MR) is 69.8 cm³/mol. The molecule has 102 valence electrons. The molecule has 0 saturated carbocycles. The lowest BCUT2D eigenvalue weighted by Crippen LogP contribution is -2.02. The van der Waals surface area contributed by atoms with Gasteiger partial charge in [-0.1, -0.05) is 0 Å². The van der Waals surface area contributed by atoms with Gasteiger partial charge in [0.1, 0.15) is 11.6 Å². The SMILES string of the molecule is O=C(O)Cc1csc2nc(-c3cc(F)ccc3F)cn12. The summed E-state index contributed by atoms with van der Waals surface area (Å²) in [7, 11) is 0. The summed E-state index contributed by atoms with van der Waals surface area (Å²) in [6.45, 7) is 0. The van der Waals surface area contributed by atoms with Gasteiger partial charge in [-0.05, 0) is 18.2 Å². The Morgan fingerprint density at radius 1 is 1.40 bits per heavy atom. The van der Waals surface area contributed by atoms with Gasteiger partial charge in [-0.15, -0.1) is 11.3 Å². The predicted octanol–water partition coefficient (Wildman–Crippen LogP) is 2.97. The quantitative estimate of drug-likeness (QED) is 0.808. The average Bonchev–Trinajstić information content (AvgIpc) is 2.94. The Hall–Kier alpha value is -2.28. The largest absolute Gasteiger partial charge is 0.481 e. The van der Waals surface area contributed by atoms with E-state index in [1.165, 1.54) is 17.5 Å². The summed E-state index contributed by atoms with van der Waals surface area (Å²) in [5.74, 6) is -2.09. The van der Waals surface area contributed by atoms with Gasteiger partial charge in [0.05, 0.1) is 12.1 Å². The Kier molecular flexibility index (Phi) is 2.98. The molecule has 0 bridgehead atoms. The molecule has 7 heteroatoms. The van der Waals surface area contributed by atoms with Crippen LogP contribution in [0.4, 0.5) is 8.78 Å². The summed E-state index contributed by atoms with van der Waals surface area (Å²) in [6, 6.07) is 3.14. The molecule has 0 fully saturated rings. The Morgan fingerprint density at radius 3 is 2.95 bits per heavy atom. The lowest BCUT2D eigenvalue weighted by Gasteiger charge is -1.99. The van der Waals surface area contributed by atoms with Gasteiger partial charge >= 0.3 is 5.97 Å². The average molecular weight is 294 g/mol. The van der Waals surface area contributed by atoms with Crippen LogP contribution in [-0.2, 0) is 11.2 Å². The molecular weight excluding hydrogens is 286 g/mol. The van der Waals surface area contributed by atoms with E-state index in [0.717, 1.165) is 18.2 Å². The van der Waals surface area contributed by atoms with Crippen LogP contribution in [0.15, 0.2) is 29.8 Å². The van der Waals surface area contributed by atoms with E-state index in [2.05, 4.69) is 4.98 Å². The molecule has 0 amide bonds. The first-order chi connectivity index (χ1) is 9.54. The van der Waals surface area contributed by atoms with Crippen LogP contribution in [0.25, 0.3) is 16.2 Å². The first-order valence-corrected chi connectivity index (χ1v) is 6.55. The fourth-order valence-corrected chi connectivity index (χ4v) is 2.81. The minimum atomic E-state index is -0.961. The molecule has 1 aromatic carbocycles. The van der Waals surface area contributed by atoms with E-state index in [1.807, 2.05) is 0 Å². The third-order valence-corrected chi connectivity index (χ3v) is 3.71. The standard InChI is InChI=1S/C13H8F2N2O2S/c14-7-1-2-10(15)9(3-7)11-5-17-8(4-12(18)19)6-20-13(17)16-11/h1-3,5-6H,4H2,(H,18,19). The Balaban J connectivity index is 2.11. The van der Waals surface area contributed by atoms with E-state index in [1.54, 1.807) is 9.78 Å². The van der Waals surface area contributed by atoms with Gasteiger partial charge < -0.3 is 5.11 Å². The number of thiazole rings is 1.